The summed E-state index contributed by atoms with van der Waals surface area (Å²) in [6, 6.07) is 2.49. The number of thioether (sulfide) groups is 1. The van der Waals surface area contributed by atoms with E-state index in [-0.39, 0.29) is 16.9 Å². The second-order valence-electron chi connectivity index (χ2n) is 4.34. The number of benzene rings is 1. The Hall–Kier alpha value is -0.130. The van der Waals surface area contributed by atoms with Crippen LogP contribution in [0.1, 0.15) is 31.4 Å². The van der Waals surface area contributed by atoms with E-state index in [2.05, 4.69) is 21.2 Å². The van der Waals surface area contributed by atoms with Gasteiger partial charge in [0.15, 0.2) is 0 Å². The molecule has 1 heterocycles. The van der Waals surface area contributed by atoms with Crippen LogP contribution in [-0.4, -0.2) is 17.5 Å². The molecule has 2 atom stereocenters. The highest BCUT2D eigenvalue weighted by Gasteiger charge is 2.31. The summed E-state index contributed by atoms with van der Waals surface area (Å²) >= 11 is 4.93. The van der Waals surface area contributed by atoms with Crippen molar-refractivity contribution in [1.29, 1.82) is 0 Å². The third-order valence-electron chi connectivity index (χ3n) is 3.15. The zero-order valence-corrected chi connectivity index (χ0v) is 12.6. The average Bonchev–Trinajstić information content (AvgIpc) is 2.87. The van der Waals surface area contributed by atoms with Gasteiger partial charge in [-0.2, -0.15) is 11.8 Å². The molecule has 1 aliphatic heterocycles. The SMILES string of the molecule is CCNC(c1c(F)ccc(Br)c1F)C1CCCS1. The van der Waals surface area contributed by atoms with Crippen LogP contribution < -0.4 is 5.32 Å². The van der Waals surface area contributed by atoms with E-state index in [4.69, 9.17) is 0 Å². The van der Waals surface area contributed by atoms with Crippen LogP contribution in [0.4, 0.5) is 8.78 Å². The van der Waals surface area contributed by atoms with Gasteiger partial charge in [0.2, 0.25) is 0 Å². The Balaban J connectivity index is 2.38. The number of halogens is 3. The molecule has 2 rings (SSSR count). The Morgan fingerprint density at radius 3 is 2.89 bits per heavy atom. The molecule has 2 unspecified atom stereocenters. The Morgan fingerprint density at radius 1 is 1.50 bits per heavy atom. The van der Waals surface area contributed by atoms with Gasteiger partial charge in [-0.05, 0) is 53.2 Å². The average molecular weight is 336 g/mol. The van der Waals surface area contributed by atoms with Gasteiger partial charge in [0, 0.05) is 16.9 Å². The highest BCUT2D eigenvalue weighted by Crippen LogP contribution is 2.38. The molecule has 5 heteroatoms. The summed E-state index contributed by atoms with van der Waals surface area (Å²) in [6.07, 6.45) is 2.13. The maximum atomic E-state index is 14.2. The molecule has 0 aromatic heterocycles. The summed E-state index contributed by atoms with van der Waals surface area (Å²) in [6.45, 7) is 2.66. The first kappa shape index (κ1) is 14.3. The van der Waals surface area contributed by atoms with E-state index in [1.54, 1.807) is 11.8 Å². The molecule has 1 aromatic rings. The van der Waals surface area contributed by atoms with Gasteiger partial charge in [0.1, 0.15) is 11.6 Å². The molecule has 1 N–H and O–H groups in total. The second-order valence-corrected chi connectivity index (χ2v) is 6.55. The first-order valence-electron chi connectivity index (χ1n) is 6.13. The number of rotatable bonds is 4. The van der Waals surface area contributed by atoms with Crippen LogP contribution in [0, 0.1) is 11.6 Å². The topological polar surface area (TPSA) is 12.0 Å². The largest absolute Gasteiger partial charge is 0.309 e. The van der Waals surface area contributed by atoms with E-state index in [0.29, 0.717) is 11.0 Å². The smallest absolute Gasteiger partial charge is 0.145 e. The number of hydrogen-bond donors (Lipinski definition) is 1. The van der Waals surface area contributed by atoms with Crippen LogP contribution in [0.25, 0.3) is 0 Å². The highest BCUT2D eigenvalue weighted by molar-refractivity contribution is 9.10. The van der Waals surface area contributed by atoms with Crippen LogP contribution in [0.2, 0.25) is 0 Å². The van der Waals surface area contributed by atoms with Crippen molar-refractivity contribution in [2.75, 3.05) is 12.3 Å². The summed E-state index contributed by atoms with van der Waals surface area (Å²) in [5, 5.41) is 3.48. The molecular weight excluding hydrogens is 320 g/mol. The minimum absolute atomic E-state index is 0.172. The third-order valence-corrected chi connectivity index (χ3v) is 5.22. The van der Waals surface area contributed by atoms with Crippen LogP contribution in [0.3, 0.4) is 0 Å². The molecular formula is C13H16BrF2NS. The van der Waals surface area contributed by atoms with E-state index < -0.39 is 11.6 Å². The van der Waals surface area contributed by atoms with Crippen molar-refractivity contribution >= 4 is 27.7 Å². The Bertz CT molecular complexity index is 422. The summed E-state index contributed by atoms with van der Waals surface area (Å²) in [5.41, 5.74) is 0.172. The lowest BCUT2D eigenvalue weighted by atomic mass is 9.99. The Kier molecular flexibility index (Phi) is 5.04. The molecule has 0 aliphatic carbocycles. The molecule has 18 heavy (non-hydrogen) atoms. The molecule has 1 aliphatic rings. The lowest BCUT2D eigenvalue weighted by Crippen LogP contribution is -2.30. The summed E-state index contributed by atoms with van der Waals surface area (Å²) in [7, 11) is 0. The summed E-state index contributed by atoms with van der Waals surface area (Å²) in [5.74, 6) is 0.131. The van der Waals surface area contributed by atoms with Crippen LogP contribution in [-0.2, 0) is 0 Å². The standard InChI is InChI=1S/C13H16BrF2NS/c1-2-17-13(10-4-3-7-18-10)11-9(15)6-5-8(14)12(11)16/h5-6,10,13,17H,2-4,7H2,1H3. The van der Waals surface area contributed by atoms with Crippen molar-refractivity contribution in [3.05, 3.63) is 33.8 Å². The van der Waals surface area contributed by atoms with Crippen LogP contribution >= 0.6 is 27.7 Å². The van der Waals surface area contributed by atoms with Gasteiger partial charge in [-0.25, -0.2) is 8.78 Å². The van der Waals surface area contributed by atoms with Gasteiger partial charge in [0.05, 0.1) is 4.47 Å². The van der Waals surface area contributed by atoms with Gasteiger partial charge in [-0.15, -0.1) is 0 Å². The molecule has 1 saturated heterocycles. The summed E-state index contributed by atoms with van der Waals surface area (Å²) in [4.78, 5) is 0. The number of nitrogens with one attached hydrogen (secondary N) is 1. The second kappa shape index (κ2) is 6.35. The maximum absolute atomic E-state index is 14.2. The predicted molar refractivity (Wildman–Crippen MR) is 76.0 cm³/mol. The fourth-order valence-electron chi connectivity index (χ4n) is 2.33. The molecule has 0 amide bonds. The van der Waals surface area contributed by atoms with Crippen molar-refractivity contribution in [1.82, 2.24) is 5.32 Å². The van der Waals surface area contributed by atoms with E-state index in [1.165, 1.54) is 12.1 Å². The van der Waals surface area contributed by atoms with Crippen molar-refractivity contribution in [3.8, 4) is 0 Å². The Labute approximate surface area is 119 Å². The zero-order valence-electron chi connectivity index (χ0n) is 10.2. The van der Waals surface area contributed by atoms with Crippen molar-refractivity contribution in [2.45, 2.75) is 31.1 Å². The van der Waals surface area contributed by atoms with Crippen molar-refractivity contribution < 1.29 is 8.78 Å². The van der Waals surface area contributed by atoms with Gasteiger partial charge in [-0.1, -0.05) is 6.92 Å². The molecule has 1 nitrogen and oxygen atoms in total. The fourth-order valence-corrected chi connectivity index (χ4v) is 4.07. The normalized spacial score (nSPS) is 21.2. The first-order valence-corrected chi connectivity index (χ1v) is 7.97. The highest BCUT2D eigenvalue weighted by atomic mass is 79.9. The monoisotopic (exact) mass is 335 g/mol. The van der Waals surface area contributed by atoms with Crippen molar-refractivity contribution in [3.63, 3.8) is 0 Å². The van der Waals surface area contributed by atoms with Crippen LogP contribution in [0.15, 0.2) is 16.6 Å². The molecule has 0 saturated carbocycles. The van der Waals surface area contributed by atoms with Gasteiger partial charge in [0.25, 0.3) is 0 Å². The maximum Gasteiger partial charge on any atom is 0.145 e. The molecule has 0 spiro atoms. The van der Waals surface area contributed by atoms with Crippen molar-refractivity contribution in [2.24, 2.45) is 0 Å². The Morgan fingerprint density at radius 2 is 2.28 bits per heavy atom. The molecule has 0 bridgehead atoms. The lowest BCUT2D eigenvalue weighted by molar-refractivity contribution is 0.456. The zero-order chi connectivity index (χ0) is 13.1. The lowest BCUT2D eigenvalue weighted by Gasteiger charge is -2.25. The summed E-state index contributed by atoms with van der Waals surface area (Å²) < 4.78 is 28.4. The van der Waals surface area contributed by atoms with Gasteiger partial charge < -0.3 is 5.32 Å². The minimum atomic E-state index is -0.478. The third kappa shape index (κ3) is 2.89. The van der Waals surface area contributed by atoms with Gasteiger partial charge >= 0.3 is 0 Å². The van der Waals surface area contributed by atoms with E-state index in [1.807, 2.05) is 6.92 Å². The van der Waals surface area contributed by atoms with E-state index in [0.717, 1.165) is 18.6 Å². The fraction of sp³-hybridized carbons (Fsp3) is 0.538. The molecule has 1 aromatic carbocycles. The molecule has 0 radical (unpaired) electrons. The number of hydrogen-bond acceptors (Lipinski definition) is 2. The quantitative estimate of drug-likeness (QED) is 0.824. The first-order chi connectivity index (χ1) is 8.65. The van der Waals surface area contributed by atoms with Crippen LogP contribution in [0.5, 0.6) is 0 Å². The van der Waals surface area contributed by atoms with Gasteiger partial charge in [-0.3, -0.25) is 0 Å². The predicted octanol–water partition coefficient (Wildman–Crippen LogP) is 4.27. The molecule has 100 valence electrons. The minimum Gasteiger partial charge on any atom is -0.309 e. The molecule has 1 fully saturated rings. The van der Waals surface area contributed by atoms with E-state index >= 15 is 0 Å². The van der Waals surface area contributed by atoms with E-state index in [9.17, 15) is 8.78 Å².